The SMILES string of the molecule is CN1C(=O)N[C@@](C)([C@H]2CCCN(Cc3ccc(C#N)cc3)C2)C1=O. The van der Waals surface area contributed by atoms with Gasteiger partial charge in [-0.25, -0.2) is 4.79 Å². The molecule has 2 saturated heterocycles. The van der Waals surface area contributed by atoms with Crippen molar-refractivity contribution in [2.75, 3.05) is 20.1 Å². The summed E-state index contributed by atoms with van der Waals surface area (Å²) in [5.74, 6) is -0.0382. The fourth-order valence-electron chi connectivity index (χ4n) is 3.69. The van der Waals surface area contributed by atoms with Crippen LogP contribution in [0.5, 0.6) is 0 Å². The second kappa shape index (κ2) is 6.25. The van der Waals surface area contributed by atoms with Gasteiger partial charge in [0, 0.05) is 26.1 Å². The number of carbonyl (C=O) groups excluding carboxylic acids is 2. The molecule has 0 aliphatic carbocycles. The van der Waals surface area contributed by atoms with Crippen LogP contribution in [0.1, 0.15) is 30.9 Å². The summed E-state index contributed by atoms with van der Waals surface area (Å²) >= 11 is 0. The van der Waals surface area contributed by atoms with Crippen LogP contribution in [0.25, 0.3) is 0 Å². The summed E-state index contributed by atoms with van der Waals surface area (Å²) in [7, 11) is 1.53. The van der Waals surface area contributed by atoms with Crippen LogP contribution in [-0.2, 0) is 11.3 Å². The minimum absolute atomic E-state index is 0.103. The standard InChI is InChI=1S/C18H22N4O2/c1-18(16(23)21(2)17(24)20-18)15-4-3-9-22(12-15)11-14-7-5-13(10-19)6-8-14/h5-8,15H,3-4,9,11-12H2,1-2H3,(H,20,24)/t15-,18-/m0/s1. The third-order valence-electron chi connectivity index (χ3n) is 5.23. The number of nitriles is 1. The molecule has 2 aliphatic rings. The number of hydrogen-bond acceptors (Lipinski definition) is 4. The Labute approximate surface area is 142 Å². The average Bonchev–Trinajstić information content (AvgIpc) is 2.80. The molecule has 2 heterocycles. The number of hydrogen-bond donors (Lipinski definition) is 1. The van der Waals surface area contributed by atoms with Gasteiger partial charge in [-0.3, -0.25) is 14.6 Å². The van der Waals surface area contributed by atoms with Crippen LogP contribution in [-0.4, -0.2) is 47.4 Å². The van der Waals surface area contributed by atoms with Gasteiger partial charge < -0.3 is 5.32 Å². The summed E-state index contributed by atoms with van der Waals surface area (Å²) in [5.41, 5.74) is 0.999. The first-order valence-corrected chi connectivity index (χ1v) is 8.26. The number of rotatable bonds is 3. The zero-order chi connectivity index (χ0) is 17.3. The maximum Gasteiger partial charge on any atom is 0.324 e. The van der Waals surface area contributed by atoms with E-state index in [2.05, 4.69) is 16.3 Å². The molecule has 1 N–H and O–H groups in total. The van der Waals surface area contributed by atoms with Gasteiger partial charge >= 0.3 is 6.03 Å². The van der Waals surface area contributed by atoms with Crippen LogP contribution < -0.4 is 5.32 Å². The van der Waals surface area contributed by atoms with Gasteiger partial charge in [-0.05, 0) is 44.0 Å². The predicted octanol–water partition coefficient (Wildman–Crippen LogP) is 1.71. The predicted molar refractivity (Wildman–Crippen MR) is 88.9 cm³/mol. The Morgan fingerprint density at radius 2 is 2.04 bits per heavy atom. The number of likely N-dealkylation sites (N-methyl/N-ethyl adjacent to an activating group) is 1. The zero-order valence-electron chi connectivity index (χ0n) is 14.1. The topological polar surface area (TPSA) is 76.4 Å². The Morgan fingerprint density at radius 1 is 1.33 bits per heavy atom. The molecule has 0 bridgehead atoms. The van der Waals surface area contributed by atoms with Gasteiger partial charge in [-0.2, -0.15) is 5.26 Å². The van der Waals surface area contributed by atoms with Crippen LogP contribution in [0.2, 0.25) is 0 Å². The second-order valence-electron chi connectivity index (χ2n) is 6.88. The van der Waals surface area contributed by atoms with E-state index in [1.165, 1.54) is 11.9 Å². The maximum absolute atomic E-state index is 12.5. The van der Waals surface area contributed by atoms with E-state index in [0.29, 0.717) is 5.56 Å². The molecule has 0 saturated carbocycles. The molecule has 0 radical (unpaired) electrons. The molecule has 3 amide bonds. The van der Waals surface area contributed by atoms with E-state index < -0.39 is 5.54 Å². The van der Waals surface area contributed by atoms with E-state index >= 15 is 0 Å². The van der Waals surface area contributed by atoms with Gasteiger partial charge in [0.2, 0.25) is 0 Å². The van der Waals surface area contributed by atoms with E-state index in [0.717, 1.165) is 38.0 Å². The Hall–Kier alpha value is -2.39. The normalized spacial score (nSPS) is 27.9. The number of urea groups is 1. The number of amides is 3. The third-order valence-corrected chi connectivity index (χ3v) is 5.23. The van der Waals surface area contributed by atoms with E-state index in [4.69, 9.17) is 5.26 Å². The van der Waals surface area contributed by atoms with Crippen molar-refractivity contribution in [3.05, 3.63) is 35.4 Å². The molecule has 126 valence electrons. The number of imide groups is 1. The van der Waals surface area contributed by atoms with Gasteiger partial charge in [0.05, 0.1) is 11.6 Å². The molecular weight excluding hydrogens is 304 g/mol. The van der Waals surface area contributed by atoms with Gasteiger partial charge in [-0.1, -0.05) is 12.1 Å². The molecule has 2 atom stereocenters. The summed E-state index contributed by atoms with van der Waals surface area (Å²) in [5, 5.41) is 11.7. The molecule has 0 aromatic heterocycles. The molecule has 2 fully saturated rings. The number of piperidine rings is 1. The first-order valence-electron chi connectivity index (χ1n) is 8.26. The van der Waals surface area contributed by atoms with Crippen LogP contribution in [0.4, 0.5) is 4.79 Å². The molecule has 0 spiro atoms. The fraction of sp³-hybridized carbons (Fsp3) is 0.500. The monoisotopic (exact) mass is 326 g/mol. The smallest absolute Gasteiger partial charge is 0.323 e. The molecule has 24 heavy (non-hydrogen) atoms. The largest absolute Gasteiger partial charge is 0.324 e. The van der Waals surface area contributed by atoms with Crippen LogP contribution in [0.3, 0.4) is 0 Å². The third kappa shape index (κ3) is 2.87. The zero-order valence-corrected chi connectivity index (χ0v) is 14.1. The molecule has 2 aliphatic heterocycles. The van der Waals surface area contributed by atoms with Crippen molar-refractivity contribution in [3.63, 3.8) is 0 Å². The second-order valence-corrected chi connectivity index (χ2v) is 6.88. The molecule has 6 nitrogen and oxygen atoms in total. The van der Waals surface area contributed by atoms with E-state index in [1.807, 2.05) is 31.2 Å². The Morgan fingerprint density at radius 3 is 2.62 bits per heavy atom. The summed E-state index contributed by atoms with van der Waals surface area (Å²) in [6, 6.07) is 9.41. The Kier molecular flexibility index (Phi) is 4.29. The van der Waals surface area contributed by atoms with E-state index in [9.17, 15) is 9.59 Å². The summed E-state index contributed by atoms with van der Waals surface area (Å²) in [6.45, 7) is 4.38. The number of nitrogens with zero attached hydrogens (tertiary/aromatic N) is 3. The van der Waals surface area contributed by atoms with Gasteiger partial charge in [-0.15, -0.1) is 0 Å². The van der Waals surface area contributed by atoms with Gasteiger partial charge in [0.1, 0.15) is 5.54 Å². The van der Waals surface area contributed by atoms with Crippen molar-refractivity contribution in [1.82, 2.24) is 15.1 Å². The van der Waals surface area contributed by atoms with E-state index in [-0.39, 0.29) is 17.9 Å². The fourth-order valence-corrected chi connectivity index (χ4v) is 3.69. The molecule has 3 rings (SSSR count). The molecule has 1 aromatic rings. The number of benzene rings is 1. The van der Waals surface area contributed by atoms with Crippen molar-refractivity contribution < 1.29 is 9.59 Å². The number of nitrogens with one attached hydrogen (secondary N) is 1. The van der Waals surface area contributed by atoms with E-state index in [1.54, 1.807) is 0 Å². The van der Waals surface area contributed by atoms with Crippen LogP contribution in [0, 0.1) is 17.2 Å². The molecule has 1 aromatic carbocycles. The van der Waals surface area contributed by atoms with Crippen molar-refractivity contribution in [2.45, 2.75) is 31.8 Å². The number of carbonyl (C=O) groups is 2. The van der Waals surface area contributed by atoms with Crippen LogP contribution >= 0.6 is 0 Å². The maximum atomic E-state index is 12.5. The molecular formula is C18H22N4O2. The highest BCUT2D eigenvalue weighted by Gasteiger charge is 2.51. The lowest BCUT2D eigenvalue weighted by molar-refractivity contribution is -0.132. The number of likely N-dealkylation sites (tertiary alicyclic amines) is 1. The van der Waals surface area contributed by atoms with Gasteiger partial charge in [0.25, 0.3) is 5.91 Å². The molecule has 0 unspecified atom stereocenters. The van der Waals surface area contributed by atoms with Crippen molar-refractivity contribution in [1.29, 1.82) is 5.26 Å². The minimum atomic E-state index is -0.810. The highest BCUT2D eigenvalue weighted by molar-refractivity contribution is 6.06. The summed E-state index contributed by atoms with van der Waals surface area (Å²) in [4.78, 5) is 27.8. The summed E-state index contributed by atoms with van der Waals surface area (Å²) in [6.07, 6.45) is 1.93. The molecule has 6 heteroatoms. The highest BCUT2D eigenvalue weighted by Crippen LogP contribution is 2.32. The first kappa shape index (κ1) is 16.5. The van der Waals surface area contributed by atoms with Crippen LogP contribution in [0.15, 0.2) is 24.3 Å². The van der Waals surface area contributed by atoms with Crippen molar-refractivity contribution in [2.24, 2.45) is 5.92 Å². The minimum Gasteiger partial charge on any atom is -0.323 e. The first-order chi connectivity index (χ1) is 11.4. The summed E-state index contributed by atoms with van der Waals surface area (Å²) < 4.78 is 0. The highest BCUT2D eigenvalue weighted by atomic mass is 16.2. The lowest BCUT2D eigenvalue weighted by atomic mass is 9.80. The van der Waals surface area contributed by atoms with Crippen molar-refractivity contribution >= 4 is 11.9 Å². The van der Waals surface area contributed by atoms with Crippen molar-refractivity contribution in [3.8, 4) is 6.07 Å². The lowest BCUT2D eigenvalue weighted by Crippen LogP contribution is -2.55. The Bertz CT molecular complexity index is 694. The van der Waals surface area contributed by atoms with Gasteiger partial charge in [0.15, 0.2) is 0 Å². The Balaban J connectivity index is 1.69. The lowest BCUT2D eigenvalue weighted by Gasteiger charge is -2.39. The quantitative estimate of drug-likeness (QED) is 0.858. The average molecular weight is 326 g/mol.